The summed E-state index contributed by atoms with van der Waals surface area (Å²) >= 11 is 6.25. The van der Waals surface area contributed by atoms with Gasteiger partial charge in [-0.2, -0.15) is 0 Å². The Morgan fingerprint density at radius 2 is 1.89 bits per heavy atom. The summed E-state index contributed by atoms with van der Waals surface area (Å²) in [7, 11) is -3.77. The van der Waals surface area contributed by atoms with Gasteiger partial charge in [0.1, 0.15) is 10.7 Å². The molecule has 0 fully saturated rings. The fourth-order valence-corrected chi connectivity index (χ4v) is 3.48. The first-order chi connectivity index (χ1) is 8.88. The fourth-order valence-electron chi connectivity index (χ4n) is 1.32. The molecule has 1 N–H and O–H groups in total. The molecule has 0 radical (unpaired) electrons. The highest BCUT2D eigenvalue weighted by atomic mass is 79.9. The second-order valence-electron chi connectivity index (χ2n) is 3.57. The van der Waals surface area contributed by atoms with Crippen molar-refractivity contribution in [1.29, 1.82) is 0 Å². The van der Waals surface area contributed by atoms with Crippen molar-refractivity contribution >= 4 is 47.6 Å². The van der Waals surface area contributed by atoms with Crippen LogP contribution in [0.15, 0.2) is 50.5 Å². The van der Waals surface area contributed by atoms with Crippen molar-refractivity contribution in [2.24, 2.45) is 0 Å². The molecule has 0 saturated heterocycles. The zero-order chi connectivity index (χ0) is 14.0. The molecule has 19 heavy (non-hydrogen) atoms. The molecule has 4 nitrogen and oxygen atoms in total. The van der Waals surface area contributed by atoms with E-state index in [0.717, 1.165) is 0 Å². The van der Waals surface area contributed by atoms with Gasteiger partial charge in [0.25, 0.3) is 10.0 Å². The lowest BCUT2D eigenvalue weighted by Gasteiger charge is -2.09. The summed E-state index contributed by atoms with van der Waals surface area (Å²) in [6, 6.07) is 5.11. The van der Waals surface area contributed by atoms with E-state index in [9.17, 15) is 12.8 Å². The van der Waals surface area contributed by atoms with Crippen molar-refractivity contribution in [3.63, 3.8) is 0 Å². The minimum Gasteiger partial charge on any atom is -0.278 e. The smallest absolute Gasteiger partial charge is 0.263 e. The Hall–Kier alpha value is -0.990. The number of benzene rings is 1. The highest BCUT2D eigenvalue weighted by Gasteiger charge is 2.16. The van der Waals surface area contributed by atoms with Crippen LogP contribution in [0.25, 0.3) is 0 Å². The lowest BCUT2D eigenvalue weighted by atomic mass is 10.3. The Balaban J connectivity index is 2.36. The first kappa shape index (κ1) is 14.4. The van der Waals surface area contributed by atoms with E-state index in [0.29, 0.717) is 8.95 Å². The fraction of sp³-hybridized carbons (Fsp3) is 0. The zero-order valence-corrected chi connectivity index (χ0v) is 13.3. The monoisotopic (exact) mass is 408 g/mol. The van der Waals surface area contributed by atoms with Crippen LogP contribution in [0.3, 0.4) is 0 Å². The topological polar surface area (TPSA) is 59.1 Å². The second-order valence-corrected chi connectivity index (χ2v) is 7.02. The molecule has 0 amide bonds. The SMILES string of the molecule is O=S(=O)(Nc1ccc(F)cc1Br)c1cncc(Br)c1. The highest BCUT2D eigenvalue weighted by molar-refractivity contribution is 9.10. The maximum Gasteiger partial charge on any atom is 0.263 e. The van der Waals surface area contributed by atoms with Crippen LogP contribution in [0, 0.1) is 5.82 Å². The summed E-state index contributed by atoms with van der Waals surface area (Å²) < 4.78 is 40.4. The molecule has 1 heterocycles. The van der Waals surface area contributed by atoms with E-state index in [1.807, 2.05) is 0 Å². The second kappa shape index (κ2) is 5.56. The van der Waals surface area contributed by atoms with Gasteiger partial charge in [0.05, 0.1) is 5.69 Å². The molecular formula is C11H7Br2FN2O2S. The molecular weight excluding hydrogens is 403 g/mol. The number of rotatable bonds is 3. The average Bonchev–Trinajstić information content (AvgIpc) is 2.33. The van der Waals surface area contributed by atoms with Crippen molar-refractivity contribution < 1.29 is 12.8 Å². The Morgan fingerprint density at radius 3 is 2.53 bits per heavy atom. The minimum atomic E-state index is -3.77. The van der Waals surface area contributed by atoms with Crippen molar-refractivity contribution in [2.75, 3.05) is 4.72 Å². The molecule has 1 aromatic carbocycles. The Kier molecular flexibility index (Phi) is 4.22. The van der Waals surface area contributed by atoms with Gasteiger partial charge in [-0.25, -0.2) is 12.8 Å². The average molecular weight is 410 g/mol. The molecule has 2 aromatic rings. The highest BCUT2D eigenvalue weighted by Crippen LogP contribution is 2.26. The standard InChI is InChI=1S/C11H7Br2FN2O2S/c12-7-3-9(6-15-5-7)19(17,18)16-11-2-1-8(14)4-10(11)13/h1-6,16H. The van der Waals surface area contributed by atoms with E-state index in [2.05, 4.69) is 41.6 Å². The normalized spacial score (nSPS) is 11.3. The first-order valence-electron chi connectivity index (χ1n) is 4.97. The van der Waals surface area contributed by atoms with Gasteiger partial charge in [-0.05, 0) is 56.1 Å². The molecule has 100 valence electrons. The van der Waals surface area contributed by atoms with Crippen molar-refractivity contribution in [2.45, 2.75) is 4.90 Å². The molecule has 1 aromatic heterocycles. The van der Waals surface area contributed by atoms with Gasteiger partial charge in [0.15, 0.2) is 0 Å². The summed E-state index contributed by atoms with van der Waals surface area (Å²) in [6.45, 7) is 0. The van der Waals surface area contributed by atoms with Gasteiger partial charge in [-0.3, -0.25) is 9.71 Å². The maximum absolute atomic E-state index is 12.9. The Morgan fingerprint density at radius 1 is 1.16 bits per heavy atom. The zero-order valence-electron chi connectivity index (χ0n) is 9.27. The molecule has 0 bridgehead atoms. The van der Waals surface area contributed by atoms with Crippen LogP contribution in [0.2, 0.25) is 0 Å². The molecule has 0 saturated carbocycles. The predicted molar refractivity (Wildman–Crippen MR) is 76.8 cm³/mol. The lowest BCUT2D eigenvalue weighted by Crippen LogP contribution is -2.13. The van der Waals surface area contributed by atoms with E-state index in [1.165, 1.54) is 36.7 Å². The summed E-state index contributed by atoms with van der Waals surface area (Å²) in [4.78, 5) is 3.80. The van der Waals surface area contributed by atoms with Gasteiger partial charge < -0.3 is 0 Å². The maximum atomic E-state index is 12.9. The van der Waals surface area contributed by atoms with Crippen LogP contribution >= 0.6 is 31.9 Å². The number of hydrogen-bond donors (Lipinski definition) is 1. The van der Waals surface area contributed by atoms with Crippen LogP contribution in [0.5, 0.6) is 0 Å². The van der Waals surface area contributed by atoms with Gasteiger partial charge in [-0.1, -0.05) is 0 Å². The van der Waals surface area contributed by atoms with Crippen molar-refractivity contribution in [1.82, 2.24) is 4.98 Å². The predicted octanol–water partition coefficient (Wildman–Crippen LogP) is 3.55. The first-order valence-corrected chi connectivity index (χ1v) is 8.04. The summed E-state index contributed by atoms with van der Waals surface area (Å²) in [5, 5.41) is 0. The molecule has 8 heteroatoms. The molecule has 0 unspecified atom stereocenters. The van der Waals surface area contributed by atoms with E-state index < -0.39 is 15.8 Å². The Labute approximate surface area is 126 Å². The van der Waals surface area contributed by atoms with E-state index in [4.69, 9.17) is 0 Å². The Bertz CT molecular complexity index is 722. The number of nitrogens with one attached hydrogen (secondary N) is 1. The van der Waals surface area contributed by atoms with Crippen LogP contribution in [0.4, 0.5) is 10.1 Å². The number of anilines is 1. The van der Waals surface area contributed by atoms with Gasteiger partial charge in [-0.15, -0.1) is 0 Å². The van der Waals surface area contributed by atoms with Crippen LogP contribution < -0.4 is 4.72 Å². The third-order valence-corrected chi connectivity index (χ3v) is 4.59. The summed E-state index contributed by atoms with van der Waals surface area (Å²) in [6.07, 6.45) is 2.71. The van der Waals surface area contributed by atoms with Gasteiger partial charge in [0.2, 0.25) is 0 Å². The van der Waals surface area contributed by atoms with Gasteiger partial charge >= 0.3 is 0 Å². The number of nitrogens with zero attached hydrogens (tertiary/aromatic N) is 1. The number of aromatic nitrogens is 1. The largest absolute Gasteiger partial charge is 0.278 e. The quantitative estimate of drug-likeness (QED) is 0.843. The van der Waals surface area contributed by atoms with Crippen LogP contribution in [0.1, 0.15) is 0 Å². The van der Waals surface area contributed by atoms with Gasteiger partial charge in [0, 0.05) is 21.3 Å². The lowest BCUT2D eigenvalue weighted by molar-refractivity contribution is 0.600. The summed E-state index contributed by atoms with van der Waals surface area (Å²) in [5.74, 6) is -0.459. The number of pyridine rings is 1. The van der Waals surface area contributed by atoms with E-state index in [1.54, 1.807) is 0 Å². The molecule has 0 atom stereocenters. The molecule has 0 aliphatic carbocycles. The number of halogens is 3. The third kappa shape index (κ3) is 3.52. The molecule has 0 spiro atoms. The van der Waals surface area contributed by atoms with Crippen molar-refractivity contribution in [3.05, 3.63) is 51.4 Å². The third-order valence-electron chi connectivity index (χ3n) is 2.17. The number of sulfonamides is 1. The van der Waals surface area contributed by atoms with Crippen LogP contribution in [-0.4, -0.2) is 13.4 Å². The van der Waals surface area contributed by atoms with E-state index in [-0.39, 0.29) is 10.6 Å². The van der Waals surface area contributed by atoms with E-state index >= 15 is 0 Å². The summed E-state index contributed by atoms with van der Waals surface area (Å²) in [5.41, 5.74) is 0.251. The minimum absolute atomic E-state index is 0.0121. The molecule has 0 aliphatic rings. The molecule has 2 rings (SSSR count). The van der Waals surface area contributed by atoms with Crippen molar-refractivity contribution in [3.8, 4) is 0 Å². The number of hydrogen-bond acceptors (Lipinski definition) is 3. The van der Waals surface area contributed by atoms with Crippen LogP contribution in [-0.2, 0) is 10.0 Å². The molecule has 0 aliphatic heterocycles.